The molecule has 0 aliphatic carbocycles. The first-order valence-electron chi connectivity index (χ1n) is 7.72. The van der Waals surface area contributed by atoms with Gasteiger partial charge in [-0.25, -0.2) is 9.97 Å². The standard InChI is InChI=1S/C17H21N5O/c1-12-19-10-15(16(18)20-12)17(23)22-9-8-14(11-22)21(2)13-6-4-3-5-7-13/h3-7,10,14H,8-9,11H2,1-2H3,(H2,18,19,20). The molecule has 120 valence electrons. The SMILES string of the molecule is Cc1ncc(C(=O)N2CCC(N(C)c3ccccc3)C2)c(N)n1. The average molecular weight is 311 g/mol. The number of nitrogen functional groups attached to an aromatic ring is 1. The van der Waals surface area contributed by atoms with Crippen molar-refractivity contribution < 1.29 is 4.79 Å². The van der Waals surface area contributed by atoms with Gasteiger partial charge in [-0.05, 0) is 25.5 Å². The van der Waals surface area contributed by atoms with Gasteiger partial charge in [0.05, 0.1) is 0 Å². The summed E-state index contributed by atoms with van der Waals surface area (Å²) in [7, 11) is 2.07. The predicted molar refractivity (Wildman–Crippen MR) is 90.3 cm³/mol. The molecule has 0 spiro atoms. The summed E-state index contributed by atoms with van der Waals surface area (Å²) >= 11 is 0. The lowest BCUT2D eigenvalue weighted by Gasteiger charge is -2.27. The molecule has 1 atom stereocenters. The van der Waals surface area contributed by atoms with Gasteiger partial charge in [-0.2, -0.15) is 0 Å². The number of aromatic nitrogens is 2. The number of para-hydroxylation sites is 1. The summed E-state index contributed by atoms with van der Waals surface area (Å²) in [4.78, 5) is 24.8. The topological polar surface area (TPSA) is 75.4 Å². The number of hydrogen-bond acceptors (Lipinski definition) is 5. The molecule has 2 heterocycles. The molecule has 1 aliphatic heterocycles. The summed E-state index contributed by atoms with van der Waals surface area (Å²) in [5, 5.41) is 0. The van der Waals surface area contributed by atoms with E-state index in [1.54, 1.807) is 6.92 Å². The van der Waals surface area contributed by atoms with Crippen LogP contribution in [0.15, 0.2) is 36.5 Å². The van der Waals surface area contributed by atoms with E-state index in [1.807, 2.05) is 23.1 Å². The maximum Gasteiger partial charge on any atom is 0.259 e. The maximum absolute atomic E-state index is 12.6. The molecule has 1 aromatic heterocycles. The second-order valence-electron chi connectivity index (χ2n) is 5.86. The van der Waals surface area contributed by atoms with Gasteiger partial charge in [0.1, 0.15) is 17.2 Å². The van der Waals surface area contributed by atoms with E-state index in [0.717, 1.165) is 12.1 Å². The van der Waals surface area contributed by atoms with Gasteiger partial charge < -0.3 is 15.5 Å². The number of likely N-dealkylation sites (N-methyl/N-ethyl adjacent to an activating group) is 1. The Morgan fingerprint density at radius 2 is 2.09 bits per heavy atom. The van der Waals surface area contributed by atoms with Crippen molar-refractivity contribution in [3.63, 3.8) is 0 Å². The number of benzene rings is 1. The van der Waals surface area contributed by atoms with E-state index in [4.69, 9.17) is 5.73 Å². The van der Waals surface area contributed by atoms with Crippen molar-refractivity contribution in [2.75, 3.05) is 30.8 Å². The van der Waals surface area contributed by atoms with Gasteiger partial charge in [0.2, 0.25) is 0 Å². The molecule has 6 heteroatoms. The Morgan fingerprint density at radius 1 is 1.35 bits per heavy atom. The highest BCUT2D eigenvalue weighted by Gasteiger charge is 2.30. The number of likely N-dealkylation sites (tertiary alicyclic amines) is 1. The van der Waals surface area contributed by atoms with Gasteiger partial charge in [-0.1, -0.05) is 18.2 Å². The van der Waals surface area contributed by atoms with Crippen LogP contribution >= 0.6 is 0 Å². The maximum atomic E-state index is 12.6. The molecule has 1 fully saturated rings. The summed E-state index contributed by atoms with van der Waals surface area (Å²) in [6.07, 6.45) is 2.46. The molecule has 1 aromatic carbocycles. The van der Waals surface area contributed by atoms with E-state index >= 15 is 0 Å². The molecule has 6 nitrogen and oxygen atoms in total. The van der Waals surface area contributed by atoms with Crippen LogP contribution in [-0.4, -0.2) is 47.0 Å². The smallest absolute Gasteiger partial charge is 0.259 e. The lowest BCUT2D eigenvalue weighted by Crippen LogP contribution is -2.36. The largest absolute Gasteiger partial charge is 0.383 e. The zero-order valence-corrected chi connectivity index (χ0v) is 13.4. The Bertz CT molecular complexity index is 703. The molecular formula is C17H21N5O. The molecule has 1 aliphatic rings. The van der Waals surface area contributed by atoms with Crippen molar-refractivity contribution in [2.45, 2.75) is 19.4 Å². The third-order valence-corrected chi connectivity index (χ3v) is 4.33. The zero-order valence-electron chi connectivity index (χ0n) is 13.4. The molecule has 0 saturated carbocycles. The quantitative estimate of drug-likeness (QED) is 0.934. The average Bonchev–Trinajstić information content (AvgIpc) is 3.04. The molecule has 1 saturated heterocycles. The molecular weight excluding hydrogens is 290 g/mol. The van der Waals surface area contributed by atoms with Crippen molar-refractivity contribution >= 4 is 17.4 Å². The molecule has 1 amide bonds. The van der Waals surface area contributed by atoms with Crippen LogP contribution in [0, 0.1) is 6.92 Å². The van der Waals surface area contributed by atoms with E-state index in [2.05, 4.69) is 34.0 Å². The van der Waals surface area contributed by atoms with Crippen LogP contribution in [0.1, 0.15) is 22.6 Å². The Labute approximate surface area is 135 Å². The molecule has 3 rings (SSSR count). The number of anilines is 2. The summed E-state index contributed by atoms with van der Waals surface area (Å²) in [6.45, 7) is 3.15. The normalized spacial score (nSPS) is 17.3. The predicted octanol–water partition coefficient (Wildman–Crippen LogP) is 1.72. The van der Waals surface area contributed by atoms with Crippen molar-refractivity contribution in [1.29, 1.82) is 0 Å². The lowest BCUT2D eigenvalue weighted by molar-refractivity contribution is 0.0791. The summed E-state index contributed by atoms with van der Waals surface area (Å²) < 4.78 is 0. The van der Waals surface area contributed by atoms with Gasteiger partial charge in [0.15, 0.2) is 0 Å². The minimum absolute atomic E-state index is 0.0912. The van der Waals surface area contributed by atoms with Crippen LogP contribution in [0.2, 0.25) is 0 Å². The number of carbonyl (C=O) groups excluding carboxylic acids is 1. The van der Waals surface area contributed by atoms with Crippen LogP contribution in [-0.2, 0) is 0 Å². The summed E-state index contributed by atoms with van der Waals surface area (Å²) in [5.41, 5.74) is 7.41. The second kappa shape index (κ2) is 6.24. The third kappa shape index (κ3) is 3.11. The molecule has 23 heavy (non-hydrogen) atoms. The number of carbonyl (C=O) groups is 1. The first kappa shape index (κ1) is 15.3. The summed E-state index contributed by atoms with van der Waals surface area (Å²) in [6, 6.07) is 10.5. The van der Waals surface area contributed by atoms with Crippen molar-refractivity contribution in [3.05, 3.63) is 47.9 Å². The number of hydrogen-bond donors (Lipinski definition) is 1. The fourth-order valence-corrected chi connectivity index (χ4v) is 2.94. The zero-order chi connectivity index (χ0) is 16.4. The summed E-state index contributed by atoms with van der Waals surface area (Å²) in [5.74, 6) is 0.732. The second-order valence-corrected chi connectivity index (χ2v) is 5.86. The van der Waals surface area contributed by atoms with Crippen LogP contribution in [0.5, 0.6) is 0 Å². The molecule has 0 bridgehead atoms. The molecule has 1 unspecified atom stereocenters. The molecule has 2 N–H and O–H groups in total. The van der Waals surface area contributed by atoms with E-state index in [9.17, 15) is 4.79 Å². The van der Waals surface area contributed by atoms with Gasteiger partial charge >= 0.3 is 0 Å². The van der Waals surface area contributed by atoms with E-state index in [1.165, 1.54) is 6.20 Å². The Kier molecular flexibility index (Phi) is 4.14. The first-order chi connectivity index (χ1) is 11.1. The fraction of sp³-hybridized carbons (Fsp3) is 0.353. The van der Waals surface area contributed by atoms with Crippen LogP contribution in [0.4, 0.5) is 11.5 Å². The van der Waals surface area contributed by atoms with E-state index in [-0.39, 0.29) is 11.7 Å². The highest BCUT2D eigenvalue weighted by atomic mass is 16.2. The van der Waals surface area contributed by atoms with Crippen LogP contribution < -0.4 is 10.6 Å². The Balaban J connectivity index is 1.71. The van der Waals surface area contributed by atoms with Crippen LogP contribution in [0.3, 0.4) is 0 Å². The minimum Gasteiger partial charge on any atom is -0.383 e. The Hall–Kier alpha value is -2.63. The van der Waals surface area contributed by atoms with Crippen molar-refractivity contribution in [3.8, 4) is 0 Å². The van der Waals surface area contributed by atoms with Gasteiger partial charge in [-0.15, -0.1) is 0 Å². The first-order valence-corrected chi connectivity index (χ1v) is 7.72. The van der Waals surface area contributed by atoms with Gasteiger partial charge in [0, 0.05) is 38.1 Å². The lowest BCUT2D eigenvalue weighted by atomic mass is 10.2. The number of nitrogens with two attached hydrogens (primary N) is 1. The molecule has 0 radical (unpaired) electrons. The number of aryl methyl sites for hydroxylation is 1. The monoisotopic (exact) mass is 311 g/mol. The number of nitrogens with zero attached hydrogens (tertiary/aromatic N) is 4. The Morgan fingerprint density at radius 3 is 2.78 bits per heavy atom. The van der Waals surface area contributed by atoms with E-state index in [0.29, 0.717) is 30.5 Å². The highest BCUT2D eigenvalue weighted by Crippen LogP contribution is 2.23. The fourth-order valence-electron chi connectivity index (χ4n) is 2.94. The number of amides is 1. The minimum atomic E-state index is -0.0912. The highest BCUT2D eigenvalue weighted by molar-refractivity contribution is 5.98. The molecule has 2 aromatic rings. The van der Waals surface area contributed by atoms with E-state index < -0.39 is 0 Å². The van der Waals surface area contributed by atoms with Crippen LogP contribution in [0.25, 0.3) is 0 Å². The van der Waals surface area contributed by atoms with Crippen molar-refractivity contribution in [2.24, 2.45) is 0 Å². The van der Waals surface area contributed by atoms with Gasteiger partial charge in [-0.3, -0.25) is 4.79 Å². The number of rotatable bonds is 3. The van der Waals surface area contributed by atoms with Gasteiger partial charge in [0.25, 0.3) is 5.91 Å². The third-order valence-electron chi connectivity index (χ3n) is 4.33. The van der Waals surface area contributed by atoms with Crippen molar-refractivity contribution in [1.82, 2.24) is 14.9 Å².